The van der Waals surface area contributed by atoms with Crippen LogP contribution in [0.4, 0.5) is 0 Å². The molecule has 1 fully saturated rings. The second kappa shape index (κ2) is 12.3. The molecule has 1 rings (SSSR count). The second-order valence-corrected chi connectivity index (χ2v) is 6.49. The summed E-state index contributed by atoms with van der Waals surface area (Å²) in [5.74, 6) is 0. The third-order valence-electron chi connectivity index (χ3n) is 1.91. The summed E-state index contributed by atoms with van der Waals surface area (Å²) in [5, 5.41) is 0. The van der Waals surface area contributed by atoms with Crippen LogP contribution in [0, 0.1) is 0 Å². The fourth-order valence-corrected chi connectivity index (χ4v) is 1.16. The molecule has 0 radical (unpaired) electrons. The summed E-state index contributed by atoms with van der Waals surface area (Å²) in [4.78, 5) is 43.1. The van der Waals surface area contributed by atoms with Crippen molar-refractivity contribution in [2.45, 2.75) is 39.4 Å². The fourth-order valence-electron chi connectivity index (χ4n) is 1.16. The van der Waals surface area contributed by atoms with Crippen LogP contribution in [0.15, 0.2) is 11.6 Å². The molecule has 0 aliphatic carbocycles. The topological polar surface area (TPSA) is 174 Å². The van der Waals surface area contributed by atoms with Crippen molar-refractivity contribution < 1.29 is 48.0 Å². The van der Waals surface area contributed by atoms with Gasteiger partial charge >= 0.3 is 15.6 Å². The highest BCUT2D eigenvalue weighted by Crippen LogP contribution is 2.26. The number of ether oxygens (including phenoxy) is 2. The van der Waals surface area contributed by atoms with Gasteiger partial charge in [-0.25, -0.2) is 9.13 Å². The molecule has 0 aromatic rings. The van der Waals surface area contributed by atoms with Crippen LogP contribution in [0.2, 0.25) is 0 Å². The van der Waals surface area contributed by atoms with Gasteiger partial charge in [-0.3, -0.25) is 0 Å². The van der Waals surface area contributed by atoms with Crippen LogP contribution in [0.25, 0.3) is 0 Å². The predicted molar refractivity (Wildman–Crippen MR) is 77.5 cm³/mol. The van der Waals surface area contributed by atoms with Crippen molar-refractivity contribution >= 4 is 15.6 Å². The highest BCUT2D eigenvalue weighted by molar-refractivity contribution is 7.45. The third kappa shape index (κ3) is 36.8. The first-order valence-corrected chi connectivity index (χ1v) is 9.35. The smallest absolute Gasteiger partial charge is 0.353 e. The maximum Gasteiger partial charge on any atom is 0.466 e. The first-order chi connectivity index (χ1) is 9.79. The van der Waals surface area contributed by atoms with Gasteiger partial charge in [-0.15, -0.1) is 0 Å². The number of hydrogen-bond donors (Lipinski definition) is 6. The van der Waals surface area contributed by atoms with Crippen LogP contribution in [0.5, 0.6) is 0 Å². The molecule has 134 valence electrons. The van der Waals surface area contributed by atoms with Gasteiger partial charge in [0.1, 0.15) is 0 Å². The molecule has 1 saturated heterocycles. The Balaban J connectivity index is 0. The minimum atomic E-state index is -4.64. The number of allylic oxidation sites excluding steroid dienone is 1. The van der Waals surface area contributed by atoms with E-state index in [1.165, 1.54) is 18.4 Å². The quantitative estimate of drug-likeness (QED) is 0.307. The second-order valence-electron chi connectivity index (χ2n) is 4.44. The number of hydrogen-bond acceptors (Lipinski definition) is 4. The Morgan fingerprint density at radius 3 is 1.86 bits per heavy atom. The van der Waals surface area contributed by atoms with Crippen LogP contribution in [-0.4, -0.2) is 48.9 Å². The lowest BCUT2D eigenvalue weighted by Gasteiger charge is -2.21. The van der Waals surface area contributed by atoms with Crippen molar-refractivity contribution in [2.24, 2.45) is 0 Å². The molecular weight excluding hydrogens is 342 g/mol. The number of phosphoric acid groups is 2. The highest BCUT2D eigenvalue weighted by Gasteiger charge is 2.12. The van der Waals surface area contributed by atoms with Gasteiger partial charge in [0.15, 0.2) is 6.29 Å². The first kappa shape index (κ1) is 24.1. The van der Waals surface area contributed by atoms with Crippen molar-refractivity contribution in [1.29, 1.82) is 0 Å². The van der Waals surface area contributed by atoms with Gasteiger partial charge in [-0.05, 0) is 33.1 Å². The lowest BCUT2D eigenvalue weighted by molar-refractivity contribution is -0.155. The molecule has 0 saturated carbocycles. The molecule has 6 N–H and O–H groups in total. The Labute approximate surface area is 128 Å². The molecule has 10 nitrogen and oxygen atoms in total. The van der Waals surface area contributed by atoms with Crippen molar-refractivity contribution in [3.05, 3.63) is 11.6 Å². The van der Waals surface area contributed by atoms with E-state index in [4.69, 9.17) is 48.0 Å². The summed E-state index contributed by atoms with van der Waals surface area (Å²) in [5.41, 5.74) is 1.30. The molecule has 0 aromatic carbocycles. The normalized spacial score (nSPS) is 18.3. The highest BCUT2D eigenvalue weighted by atomic mass is 31.2. The Kier molecular flexibility index (Phi) is 13.5. The van der Waals surface area contributed by atoms with E-state index in [1.54, 1.807) is 0 Å². The van der Waals surface area contributed by atoms with E-state index in [2.05, 4.69) is 19.9 Å². The molecule has 0 spiro atoms. The fraction of sp³-hybridized carbons (Fsp3) is 0.800. The molecular formula is C10H24O10P2. The SMILES string of the molecule is CC(C)=CCOC1CCCCO1.O=P(O)(O)O.O=P(O)(O)O. The lowest BCUT2D eigenvalue weighted by atomic mass is 10.2. The van der Waals surface area contributed by atoms with Crippen molar-refractivity contribution in [3.63, 3.8) is 0 Å². The van der Waals surface area contributed by atoms with Gasteiger partial charge in [-0.1, -0.05) is 11.6 Å². The molecule has 22 heavy (non-hydrogen) atoms. The number of rotatable bonds is 3. The summed E-state index contributed by atoms with van der Waals surface area (Å²) in [6.45, 7) is 5.70. The zero-order valence-electron chi connectivity index (χ0n) is 12.4. The van der Waals surface area contributed by atoms with Gasteiger partial charge in [-0.2, -0.15) is 0 Å². The third-order valence-corrected chi connectivity index (χ3v) is 1.91. The summed E-state index contributed by atoms with van der Waals surface area (Å²) in [6.07, 6.45) is 5.60. The molecule has 1 unspecified atom stereocenters. The molecule has 1 aliphatic heterocycles. The van der Waals surface area contributed by atoms with E-state index < -0.39 is 15.6 Å². The van der Waals surface area contributed by atoms with Gasteiger partial charge in [0.2, 0.25) is 0 Å². The average Bonchev–Trinajstić information content (AvgIpc) is 2.25. The Bertz CT molecular complexity index is 352. The van der Waals surface area contributed by atoms with Crippen LogP contribution >= 0.6 is 15.6 Å². The van der Waals surface area contributed by atoms with E-state index in [9.17, 15) is 0 Å². The molecule has 1 atom stereocenters. The van der Waals surface area contributed by atoms with Crippen molar-refractivity contribution in [2.75, 3.05) is 13.2 Å². The van der Waals surface area contributed by atoms with E-state index in [0.717, 1.165) is 13.0 Å². The molecule has 0 aromatic heterocycles. The van der Waals surface area contributed by atoms with Gasteiger partial charge in [0.25, 0.3) is 0 Å². The zero-order chi connectivity index (χ0) is 17.8. The van der Waals surface area contributed by atoms with Crippen LogP contribution < -0.4 is 0 Å². The molecule has 1 aliphatic rings. The van der Waals surface area contributed by atoms with E-state index in [0.29, 0.717) is 6.61 Å². The standard InChI is InChI=1S/C10H18O2.2H3O4P/c1-9(2)6-8-12-10-5-3-4-7-11-10;2*1-5(2,3)4/h6,10H,3-5,7-8H2,1-2H3;2*(H3,1,2,3,4). The van der Waals surface area contributed by atoms with Gasteiger partial charge < -0.3 is 38.8 Å². The van der Waals surface area contributed by atoms with Crippen LogP contribution in [0.3, 0.4) is 0 Å². The maximum atomic E-state index is 8.88. The Hall–Kier alpha value is -0.120. The van der Waals surface area contributed by atoms with Crippen molar-refractivity contribution in [1.82, 2.24) is 0 Å². The monoisotopic (exact) mass is 366 g/mol. The average molecular weight is 366 g/mol. The zero-order valence-corrected chi connectivity index (χ0v) is 14.2. The molecule has 1 heterocycles. The summed E-state index contributed by atoms with van der Waals surface area (Å²) in [7, 11) is -9.28. The molecule has 0 bridgehead atoms. The van der Waals surface area contributed by atoms with Gasteiger partial charge in [0, 0.05) is 6.61 Å². The first-order valence-electron chi connectivity index (χ1n) is 6.22. The molecule has 12 heteroatoms. The minimum absolute atomic E-state index is 0.0503. The van der Waals surface area contributed by atoms with Gasteiger partial charge in [0.05, 0.1) is 6.61 Å². The van der Waals surface area contributed by atoms with Crippen molar-refractivity contribution in [3.8, 4) is 0 Å². The van der Waals surface area contributed by atoms with E-state index in [1.807, 2.05) is 0 Å². The summed E-state index contributed by atoms with van der Waals surface area (Å²) in [6, 6.07) is 0. The molecule has 0 amide bonds. The van der Waals surface area contributed by atoms with E-state index >= 15 is 0 Å². The maximum absolute atomic E-state index is 8.88. The van der Waals surface area contributed by atoms with Crippen LogP contribution in [0.1, 0.15) is 33.1 Å². The van der Waals surface area contributed by atoms with E-state index in [-0.39, 0.29) is 6.29 Å². The van der Waals surface area contributed by atoms with Crippen LogP contribution in [-0.2, 0) is 18.6 Å². The lowest BCUT2D eigenvalue weighted by Crippen LogP contribution is -2.22. The summed E-state index contributed by atoms with van der Waals surface area (Å²) >= 11 is 0. The largest absolute Gasteiger partial charge is 0.466 e. The Morgan fingerprint density at radius 1 is 1.09 bits per heavy atom. The summed E-state index contributed by atoms with van der Waals surface area (Å²) < 4.78 is 28.7. The Morgan fingerprint density at radius 2 is 1.55 bits per heavy atom. The minimum Gasteiger partial charge on any atom is -0.353 e. The predicted octanol–water partition coefficient (Wildman–Crippen LogP) is 0.639.